The van der Waals surface area contributed by atoms with Crippen molar-refractivity contribution in [3.8, 4) is 11.5 Å². The third kappa shape index (κ3) is 5.53. The molecule has 0 spiro atoms. The van der Waals surface area contributed by atoms with Crippen LogP contribution >= 0.6 is 0 Å². The van der Waals surface area contributed by atoms with Crippen LogP contribution in [0.1, 0.15) is 12.5 Å². The normalized spacial score (nSPS) is 11.3. The first kappa shape index (κ1) is 18.3. The van der Waals surface area contributed by atoms with E-state index in [1.165, 1.54) is 6.92 Å². The van der Waals surface area contributed by atoms with Crippen molar-refractivity contribution in [2.24, 2.45) is 0 Å². The lowest BCUT2D eigenvalue weighted by Gasteiger charge is -2.14. The van der Waals surface area contributed by atoms with Gasteiger partial charge in [-0.15, -0.1) is 0 Å². The lowest BCUT2D eigenvalue weighted by molar-refractivity contribution is -0.152. The van der Waals surface area contributed by atoms with Gasteiger partial charge in [-0.1, -0.05) is 18.2 Å². The van der Waals surface area contributed by atoms with Crippen molar-refractivity contribution >= 4 is 17.6 Å². The summed E-state index contributed by atoms with van der Waals surface area (Å²) in [6.07, 6.45) is -0.822. The molecule has 0 saturated heterocycles. The number of esters is 1. The average molecular weight is 343 g/mol. The molecule has 0 bridgehead atoms. The van der Waals surface area contributed by atoms with Crippen molar-refractivity contribution in [1.82, 2.24) is 0 Å². The summed E-state index contributed by atoms with van der Waals surface area (Å²) in [7, 11) is 3.12. The third-order valence-corrected chi connectivity index (χ3v) is 3.52. The second-order valence-electron chi connectivity index (χ2n) is 5.38. The van der Waals surface area contributed by atoms with E-state index in [0.29, 0.717) is 17.2 Å². The first-order chi connectivity index (χ1) is 12.0. The molecule has 6 nitrogen and oxygen atoms in total. The Morgan fingerprint density at radius 1 is 1.00 bits per heavy atom. The molecule has 1 N–H and O–H groups in total. The van der Waals surface area contributed by atoms with E-state index in [2.05, 4.69) is 5.32 Å². The fourth-order valence-electron chi connectivity index (χ4n) is 2.15. The highest BCUT2D eigenvalue weighted by Crippen LogP contribution is 2.17. The summed E-state index contributed by atoms with van der Waals surface area (Å²) in [5.41, 5.74) is 1.36. The number of amides is 1. The predicted octanol–water partition coefficient (Wildman–Crippen LogP) is 2.82. The average Bonchev–Trinajstić information content (AvgIpc) is 2.62. The Balaban J connectivity index is 1.87. The molecule has 0 aromatic heterocycles. The highest BCUT2D eigenvalue weighted by atomic mass is 16.5. The fraction of sp³-hybridized carbons (Fsp3) is 0.263. The Labute approximate surface area is 146 Å². The number of anilines is 1. The van der Waals surface area contributed by atoms with Crippen LogP contribution in [0.25, 0.3) is 0 Å². The number of methoxy groups -OCH3 is 2. The largest absolute Gasteiger partial charge is 0.497 e. The number of carbonyl (C=O) groups excluding carboxylic acids is 2. The molecule has 132 valence electrons. The van der Waals surface area contributed by atoms with E-state index < -0.39 is 18.0 Å². The maximum atomic E-state index is 12.1. The minimum atomic E-state index is -0.906. The summed E-state index contributed by atoms with van der Waals surface area (Å²) in [4.78, 5) is 24.1. The molecular weight excluding hydrogens is 322 g/mol. The summed E-state index contributed by atoms with van der Waals surface area (Å²) in [6, 6.07) is 14.0. The molecule has 0 aliphatic rings. The van der Waals surface area contributed by atoms with Crippen molar-refractivity contribution in [2.75, 3.05) is 19.5 Å². The molecule has 0 aliphatic carbocycles. The van der Waals surface area contributed by atoms with Gasteiger partial charge in [-0.25, -0.2) is 0 Å². The van der Waals surface area contributed by atoms with Crippen LogP contribution < -0.4 is 14.8 Å². The van der Waals surface area contributed by atoms with E-state index in [0.717, 1.165) is 5.56 Å². The molecule has 0 saturated carbocycles. The van der Waals surface area contributed by atoms with Crippen molar-refractivity contribution in [2.45, 2.75) is 19.4 Å². The molecule has 0 radical (unpaired) electrons. The highest BCUT2D eigenvalue weighted by molar-refractivity contribution is 5.95. The monoisotopic (exact) mass is 343 g/mol. The number of rotatable bonds is 7. The van der Waals surface area contributed by atoms with Gasteiger partial charge in [0.1, 0.15) is 11.5 Å². The molecule has 0 fully saturated rings. The zero-order chi connectivity index (χ0) is 18.2. The van der Waals surface area contributed by atoms with Gasteiger partial charge in [-0.2, -0.15) is 0 Å². The van der Waals surface area contributed by atoms with Crippen LogP contribution in [0.3, 0.4) is 0 Å². The zero-order valence-electron chi connectivity index (χ0n) is 14.4. The number of ether oxygens (including phenoxy) is 3. The molecule has 1 atom stereocenters. The number of hydrogen-bond donors (Lipinski definition) is 1. The Kier molecular flexibility index (Phi) is 6.39. The predicted molar refractivity (Wildman–Crippen MR) is 93.9 cm³/mol. The van der Waals surface area contributed by atoms with Crippen LogP contribution in [0.15, 0.2) is 48.5 Å². The fourth-order valence-corrected chi connectivity index (χ4v) is 2.15. The van der Waals surface area contributed by atoms with Gasteiger partial charge >= 0.3 is 5.97 Å². The zero-order valence-corrected chi connectivity index (χ0v) is 14.4. The molecule has 0 heterocycles. The molecule has 2 aromatic carbocycles. The van der Waals surface area contributed by atoms with Crippen molar-refractivity contribution in [1.29, 1.82) is 0 Å². The molecule has 6 heteroatoms. The Morgan fingerprint density at radius 3 is 2.32 bits per heavy atom. The van der Waals surface area contributed by atoms with Gasteiger partial charge in [0.25, 0.3) is 5.91 Å². The van der Waals surface area contributed by atoms with E-state index in [1.807, 2.05) is 0 Å². The standard InChI is InChI=1S/C19H21NO5/c1-13(19(22)20-15-5-4-6-17(12-15)24-3)25-18(21)11-14-7-9-16(23-2)10-8-14/h4-10,12-13H,11H2,1-3H3,(H,20,22)/t13-/m1/s1. The summed E-state index contributed by atoms with van der Waals surface area (Å²) in [5.74, 6) is 0.458. The minimum Gasteiger partial charge on any atom is -0.497 e. The minimum absolute atomic E-state index is 0.0841. The van der Waals surface area contributed by atoms with Gasteiger partial charge in [0.05, 0.1) is 20.6 Å². The first-order valence-corrected chi connectivity index (χ1v) is 7.79. The second-order valence-corrected chi connectivity index (χ2v) is 5.38. The lowest BCUT2D eigenvalue weighted by atomic mass is 10.1. The summed E-state index contributed by atoms with van der Waals surface area (Å²) in [6.45, 7) is 1.53. The van der Waals surface area contributed by atoms with Crippen molar-refractivity contribution in [3.05, 3.63) is 54.1 Å². The summed E-state index contributed by atoms with van der Waals surface area (Å²) < 4.78 is 15.4. The number of nitrogens with one attached hydrogen (secondary N) is 1. The Hall–Kier alpha value is -3.02. The Bertz CT molecular complexity index is 727. The second kappa shape index (κ2) is 8.73. The van der Waals surface area contributed by atoms with Crippen molar-refractivity contribution < 1.29 is 23.8 Å². The van der Waals surface area contributed by atoms with Crippen LogP contribution in [-0.2, 0) is 20.7 Å². The quantitative estimate of drug-likeness (QED) is 0.783. The maximum absolute atomic E-state index is 12.1. The topological polar surface area (TPSA) is 73.9 Å². The number of carbonyl (C=O) groups is 2. The van der Waals surface area contributed by atoms with E-state index in [1.54, 1.807) is 62.8 Å². The van der Waals surface area contributed by atoms with Gasteiger partial charge < -0.3 is 19.5 Å². The molecule has 0 aliphatic heterocycles. The van der Waals surface area contributed by atoms with Crippen LogP contribution in [0, 0.1) is 0 Å². The van der Waals surface area contributed by atoms with E-state index in [4.69, 9.17) is 14.2 Å². The van der Waals surface area contributed by atoms with Gasteiger partial charge in [-0.05, 0) is 36.8 Å². The van der Waals surface area contributed by atoms with Crippen LogP contribution in [0.2, 0.25) is 0 Å². The highest BCUT2D eigenvalue weighted by Gasteiger charge is 2.18. The first-order valence-electron chi connectivity index (χ1n) is 7.79. The molecule has 2 rings (SSSR count). The van der Waals surface area contributed by atoms with Gasteiger partial charge in [0, 0.05) is 11.8 Å². The van der Waals surface area contributed by atoms with E-state index in [-0.39, 0.29) is 6.42 Å². The molecule has 1 amide bonds. The van der Waals surface area contributed by atoms with Crippen molar-refractivity contribution in [3.63, 3.8) is 0 Å². The Morgan fingerprint density at radius 2 is 1.68 bits per heavy atom. The summed E-state index contributed by atoms with van der Waals surface area (Å²) >= 11 is 0. The van der Waals surface area contributed by atoms with Crippen LogP contribution in [0.5, 0.6) is 11.5 Å². The van der Waals surface area contributed by atoms with Crippen LogP contribution in [0.4, 0.5) is 5.69 Å². The SMILES string of the molecule is COc1ccc(CC(=O)O[C@H](C)C(=O)Nc2cccc(OC)c2)cc1. The van der Waals surface area contributed by atoms with Gasteiger partial charge in [0.2, 0.25) is 0 Å². The molecule has 0 unspecified atom stereocenters. The van der Waals surface area contributed by atoms with Gasteiger partial charge in [0.15, 0.2) is 6.10 Å². The maximum Gasteiger partial charge on any atom is 0.311 e. The van der Waals surface area contributed by atoms with E-state index in [9.17, 15) is 9.59 Å². The molecule has 25 heavy (non-hydrogen) atoms. The lowest BCUT2D eigenvalue weighted by Crippen LogP contribution is -2.30. The number of benzene rings is 2. The smallest absolute Gasteiger partial charge is 0.311 e. The summed E-state index contributed by atoms with van der Waals surface area (Å²) in [5, 5.41) is 2.69. The third-order valence-electron chi connectivity index (χ3n) is 3.52. The molecule has 2 aromatic rings. The van der Waals surface area contributed by atoms with E-state index >= 15 is 0 Å². The van der Waals surface area contributed by atoms with Gasteiger partial charge in [-0.3, -0.25) is 9.59 Å². The van der Waals surface area contributed by atoms with Crippen LogP contribution in [-0.4, -0.2) is 32.2 Å². The number of hydrogen-bond acceptors (Lipinski definition) is 5. The molecular formula is C19H21NO5.